The number of fused-ring (bicyclic) bond motifs is 1. The highest BCUT2D eigenvalue weighted by Crippen LogP contribution is 2.30. The summed E-state index contributed by atoms with van der Waals surface area (Å²) < 4.78 is 9.94. The first-order valence-corrected chi connectivity index (χ1v) is 5.03. The molecule has 2 rings (SSSR count). The number of carbonyl (C=O) groups is 1. The Hall–Kier alpha value is -1.74. The number of halogens is 1. The molecule has 1 heterocycles. The third kappa shape index (κ3) is 1.95. The Bertz CT molecular complexity index is 554. The lowest BCUT2D eigenvalue weighted by molar-refractivity contribution is -0.134. The molecule has 0 spiro atoms. The predicted molar refractivity (Wildman–Crippen MR) is 62.3 cm³/mol. The SMILES string of the molecule is COC(=O)/C=C/c1oc2ccccc2c1Cl. The lowest BCUT2D eigenvalue weighted by atomic mass is 10.2. The second kappa shape index (κ2) is 4.41. The smallest absolute Gasteiger partial charge is 0.330 e. The van der Waals surface area contributed by atoms with Crippen LogP contribution in [0.25, 0.3) is 17.0 Å². The Labute approximate surface area is 97.3 Å². The molecule has 3 nitrogen and oxygen atoms in total. The molecule has 0 unspecified atom stereocenters. The van der Waals surface area contributed by atoms with Crippen molar-refractivity contribution >= 4 is 34.6 Å². The third-order valence-corrected chi connectivity index (χ3v) is 2.52. The van der Waals surface area contributed by atoms with E-state index in [0.717, 1.165) is 5.39 Å². The zero-order valence-corrected chi connectivity index (χ0v) is 9.32. The van der Waals surface area contributed by atoms with Crippen LogP contribution in [0.1, 0.15) is 5.76 Å². The minimum Gasteiger partial charge on any atom is -0.466 e. The number of ether oxygens (including phenoxy) is 1. The molecule has 0 fully saturated rings. The van der Waals surface area contributed by atoms with Crippen molar-refractivity contribution < 1.29 is 13.9 Å². The van der Waals surface area contributed by atoms with Gasteiger partial charge in [0.1, 0.15) is 11.3 Å². The van der Waals surface area contributed by atoms with Crippen LogP contribution in [0.3, 0.4) is 0 Å². The molecule has 0 aliphatic rings. The molecule has 0 radical (unpaired) electrons. The molecule has 1 aromatic heterocycles. The maximum Gasteiger partial charge on any atom is 0.330 e. The Morgan fingerprint density at radius 2 is 2.19 bits per heavy atom. The minimum atomic E-state index is -0.448. The van der Waals surface area contributed by atoms with E-state index in [0.29, 0.717) is 16.4 Å². The number of rotatable bonds is 2. The van der Waals surface area contributed by atoms with E-state index in [9.17, 15) is 4.79 Å². The topological polar surface area (TPSA) is 39.4 Å². The van der Waals surface area contributed by atoms with Gasteiger partial charge in [-0.1, -0.05) is 23.7 Å². The number of carbonyl (C=O) groups excluding carboxylic acids is 1. The van der Waals surface area contributed by atoms with Crippen molar-refractivity contribution in [1.82, 2.24) is 0 Å². The van der Waals surface area contributed by atoms with Gasteiger partial charge in [-0.2, -0.15) is 0 Å². The lowest BCUT2D eigenvalue weighted by Gasteiger charge is -1.89. The molecular weight excluding hydrogens is 228 g/mol. The van der Waals surface area contributed by atoms with E-state index in [4.69, 9.17) is 16.0 Å². The van der Waals surface area contributed by atoms with Crippen LogP contribution < -0.4 is 0 Å². The molecule has 82 valence electrons. The van der Waals surface area contributed by atoms with Gasteiger partial charge >= 0.3 is 5.97 Å². The highest BCUT2D eigenvalue weighted by Gasteiger charge is 2.09. The zero-order valence-electron chi connectivity index (χ0n) is 8.57. The molecule has 2 aromatic rings. The van der Waals surface area contributed by atoms with Crippen molar-refractivity contribution in [3.63, 3.8) is 0 Å². The van der Waals surface area contributed by atoms with Gasteiger partial charge in [0.2, 0.25) is 0 Å². The van der Waals surface area contributed by atoms with Gasteiger partial charge in [-0.25, -0.2) is 4.79 Å². The number of benzene rings is 1. The summed E-state index contributed by atoms with van der Waals surface area (Å²) in [5.74, 6) is 0.00443. The fourth-order valence-electron chi connectivity index (χ4n) is 1.35. The van der Waals surface area contributed by atoms with Crippen molar-refractivity contribution in [2.45, 2.75) is 0 Å². The third-order valence-electron chi connectivity index (χ3n) is 2.13. The summed E-state index contributed by atoms with van der Waals surface area (Å²) in [5, 5.41) is 1.32. The molecule has 0 saturated carbocycles. The van der Waals surface area contributed by atoms with E-state index in [1.54, 1.807) is 0 Å². The van der Waals surface area contributed by atoms with Crippen LogP contribution in [0.5, 0.6) is 0 Å². The van der Waals surface area contributed by atoms with Crippen LogP contribution in [-0.4, -0.2) is 13.1 Å². The van der Waals surface area contributed by atoms with Crippen LogP contribution in [0, 0.1) is 0 Å². The van der Waals surface area contributed by atoms with Crippen LogP contribution >= 0.6 is 11.6 Å². The molecule has 0 aliphatic carbocycles. The van der Waals surface area contributed by atoms with Gasteiger partial charge in [0.05, 0.1) is 12.1 Å². The van der Waals surface area contributed by atoms with E-state index in [1.807, 2.05) is 24.3 Å². The summed E-state index contributed by atoms with van der Waals surface area (Å²) >= 11 is 6.09. The molecule has 4 heteroatoms. The highest BCUT2D eigenvalue weighted by atomic mass is 35.5. The summed E-state index contributed by atoms with van der Waals surface area (Å²) in [6, 6.07) is 7.40. The Morgan fingerprint density at radius 1 is 1.44 bits per heavy atom. The summed E-state index contributed by atoms with van der Waals surface area (Å²) in [6.45, 7) is 0. The molecular formula is C12H9ClO3. The van der Waals surface area contributed by atoms with Gasteiger partial charge in [-0.05, 0) is 18.2 Å². The van der Waals surface area contributed by atoms with Crippen LogP contribution in [0.15, 0.2) is 34.8 Å². The average molecular weight is 237 g/mol. The van der Waals surface area contributed by atoms with Gasteiger partial charge in [-0.15, -0.1) is 0 Å². The van der Waals surface area contributed by atoms with E-state index in [2.05, 4.69) is 4.74 Å². The Kier molecular flexibility index (Phi) is 2.97. The number of hydrogen-bond acceptors (Lipinski definition) is 3. The Morgan fingerprint density at radius 3 is 2.88 bits per heavy atom. The summed E-state index contributed by atoms with van der Waals surface area (Å²) in [7, 11) is 1.31. The number of hydrogen-bond donors (Lipinski definition) is 0. The van der Waals surface area contributed by atoms with E-state index in [1.165, 1.54) is 19.3 Å². The van der Waals surface area contributed by atoms with E-state index in [-0.39, 0.29) is 0 Å². The van der Waals surface area contributed by atoms with Crippen LogP contribution in [-0.2, 0) is 9.53 Å². The van der Waals surface area contributed by atoms with Crippen molar-refractivity contribution in [2.24, 2.45) is 0 Å². The molecule has 0 atom stereocenters. The van der Waals surface area contributed by atoms with Gasteiger partial charge < -0.3 is 9.15 Å². The van der Waals surface area contributed by atoms with Crippen molar-refractivity contribution in [1.29, 1.82) is 0 Å². The number of para-hydroxylation sites is 1. The molecule has 0 saturated heterocycles. The second-order valence-electron chi connectivity index (χ2n) is 3.13. The predicted octanol–water partition coefficient (Wildman–Crippen LogP) is 3.27. The molecule has 0 aliphatic heterocycles. The molecule has 1 aromatic carbocycles. The first-order valence-electron chi connectivity index (χ1n) is 4.65. The summed E-state index contributed by atoms with van der Waals surface area (Å²) in [6.07, 6.45) is 2.76. The van der Waals surface area contributed by atoms with Crippen molar-refractivity contribution in [2.75, 3.05) is 7.11 Å². The lowest BCUT2D eigenvalue weighted by Crippen LogP contribution is -1.92. The van der Waals surface area contributed by atoms with Crippen LogP contribution in [0.2, 0.25) is 5.02 Å². The van der Waals surface area contributed by atoms with Gasteiger partial charge in [-0.3, -0.25) is 0 Å². The van der Waals surface area contributed by atoms with E-state index < -0.39 is 5.97 Å². The Balaban J connectivity index is 2.42. The number of methoxy groups -OCH3 is 1. The van der Waals surface area contributed by atoms with E-state index >= 15 is 0 Å². The zero-order chi connectivity index (χ0) is 11.5. The fourth-order valence-corrected chi connectivity index (χ4v) is 1.61. The quantitative estimate of drug-likeness (QED) is 0.593. The second-order valence-corrected chi connectivity index (χ2v) is 3.51. The standard InChI is InChI=1S/C12H9ClO3/c1-15-11(14)7-6-10-12(13)8-4-2-3-5-9(8)16-10/h2-7H,1H3/b7-6+. The monoisotopic (exact) mass is 236 g/mol. The summed E-state index contributed by atoms with van der Waals surface area (Å²) in [4.78, 5) is 10.9. The first-order chi connectivity index (χ1) is 7.72. The number of furan rings is 1. The summed E-state index contributed by atoms with van der Waals surface area (Å²) in [5.41, 5.74) is 0.692. The number of esters is 1. The van der Waals surface area contributed by atoms with Crippen LogP contribution in [0.4, 0.5) is 0 Å². The minimum absolute atomic E-state index is 0.448. The fraction of sp³-hybridized carbons (Fsp3) is 0.0833. The molecule has 0 N–H and O–H groups in total. The molecule has 16 heavy (non-hydrogen) atoms. The van der Waals surface area contributed by atoms with Crippen molar-refractivity contribution in [3.05, 3.63) is 41.1 Å². The van der Waals surface area contributed by atoms with Gasteiger partial charge in [0.15, 0.2) is 0 Å². The first kappa shape index (κ1) is 10.8. The van der Waals surface area contributed by atoms with Crippen molar-refractivity contribution in [3.8, 4) is 0 Å². The van der Waals surface area contributed by atoms with Gasteiger partial charge in [0.25, 0.3) is 0 Å². The molecule has 0 amide bonds. The maximum atomic E-state index is 10.9. The average Bonchev–Trinajstić information content (AvgIpc) is 2.64. The largest absolute Gasteiger partial charge is 0.466 e. The normalized spacial score (nSPS) is 11.1. The molecule has 0 bridgehead atoms. The van der Waals surface area contributed by atoms with Gasteiger partial charge in [0, 0.05) is 11.5 Å². The maximum absolute atomic E-state index is 10.9. The highest BCUT2D eigenvalue weighted by molar-refractivity contribution is 6.36.